The van der Waals surface area contributed by atoms with Gasteiger partial charge in [-0.15, -0.1) is 0 Å². The fraction of sp³-hybridized carbons (Fsp3) is 0.556. The van der Waals surface area contributed by atoms with Crippen LogP contribution in [0, 0.1) is 27.9 Å². The highest BCUT2D eigenvalue weighted by Gasteiger charge is 2.55. The molecule has 0 saturated heterocycles. The number of aromatic nitrogens is 1. The van der Waals surface area contributed by atoms with Crippen LogP contribution in [0.1, 0.15) is 69.3 Å². The maximum absolute atomic E-state index is 13.0. The molecule has 1 aromatic heterocycles. The Hall–Kier alpha value is -3.20. The van der Waals surface area contributed by atoms with Gasteiger partial charge in [0, 0.05) is 18.8 Å². The van der Waals surface area contributed by atoms with Crippen LogP contribution in [0.25, 0.3) is 0 Å². The van der Waals surface area contributed by atoms with Crippen LogP contribution < -0.4 is 10.6 Å². The number of ether oxygens (including phenoxy) is 1. The predicted octanol–water partition coefficient (Wildman–Crippen LogP) is 5.15. The second-order valence-corrected chi connectivity index (χ2v) is 10.7. The Balaban J connectivity index is 0.00000304. The average Bonchev–Trinajstić information content (AvgIpc) is 2.78. The molecule has 9 heteroatoms. The first kappa shape index (κ1) is 25.9. The lowest BCUT2D eigenvalue weighted by Crippen LogP contribution is -2.59. The molecule has 1 aromatic carbocycles. The SMILES string of the molecule is C.CC(C)OC(=O)c1cnc(NCc2ccccc2)c([N+](=O)[O-])c1NC1[C@@H]2CC3C[C@H]1CC(O)(C3)C2. The Labute approximate surface area is 211 Å². The van der Waals surface area contributed by atoms with Crippen LogP contribution in [0.15, 0.2) is 36.5 Å². The predicted molar refractivity (Wildman–Crippen MR) is 138 cm³/mol. The van der Waals surface area contributed by atoms with Gasteiger partial charge in [0.05, 0.1) is 16.6 Å². The van der Waals surface area contributed by atoms with Crippen LogP contribution in [-0.4, -0.2) is 38.7 Å². The van der Waals surface area contributed by atoms with E-state index in [-0.39, 0.29) is 54.2 Å². The van der Waals surface area contributed by atoms with Crippen LogP contribution >= 0.6 is 0 Å². The minimum absolute atomic E-state index is 0. The maximum atomic E-state index is 13.0. The Morgan fingerprint density at radius 3 is 2.47 bits per heavy atom. The van der Waals surface area contributed by atoms with Crippen LogP contribution in [0.2, 0.25) is 0 Å². The van der Waals surface area contributed by atoms with Crippen LogP contribution in [0.3, 0.4) is 0 Å². The maximum Gasteiger partial charge on any atom is 0.342 e. The molecule has 3 unspecified atom stereocenters. The van der Waals surface area contributed by atoms with Crippen LogP contribution in [-0.2, 0) is 11.3 Å². The fourth-order valence-corrected chi connectivity index (χ4v) is 6.55. The molecule has 1 heterocycles. The fourth-order valence-electron chi connectivity index (χ4n) is 6.55. The molecule has 0 aliphatic heterocycles. The van der Waals surface area contributed by atoms with Crippen molar-refractivity contribution in [1.82, 2.24) is 4.98 Å². The molecule has 3 N–H and O–H groups in total. The number of hydrogen-bond acceptors (Lipinski definition) is 8. The number of benzene rings is 1. The quantitative estimate of drug-likeness (QED) is 0.260. The summed E-state index contributed by atoms with van der Waals surface area (Å²) < 4.78 is 5.40. The van der Waals surface area contributed by atoms with Crippen molar-refractivity contribution in [3.8, 4) is 0 Å². The number of nitro groups is 1. The molecule has 5 atom stereocenters. The van der Waals surface area contributed by atoms with Gasteiger partial charge >= 0.3 is 11.7 Å². The summed E-state index contributed by atoms with van der Waals surface area (Å²) in [5, 5.41) is 29.8. The summed E-state index contributed by atoms with van der Waals surface area (Å²) in [5.41, 5.74) is 0.280. The Morgan fingerprint density at radius 1 is 1.22 bits per heavy atom. The molecule has 4 aliphatic rings. The van der Waals surface area contributed by atoms with Gasteiger partial charge in [-0.05, 0) is 69.3 Å². The zero-order valence-corrected chi connectivity index (χ0v) is 20.1. The Bertz CT molecular complexity index is 1110. The van der Waals surface area contributed by atoms with Crippen LogP contribution in [0.4, 0.5) is 17.2 Å². The van der Waals surface area contributed by atoms with E-state index in [2.05, 4.69) is 15.6 Å². The van der Waals surface area contributed by atoms with E-state index in [0.29, 0.717) is 25.3 Å². The van der Waals surface area contributed by atoms with E-state index < -0.39 is 16.5 Å². The summed E-state index contributed by atoms with van der Waals surface area (Å²) >= 11 is 0. The Kier molecular flexibility index (Phi) is 7.22. The lowest BCUT2D eigenvalue weighted by Gasteiger charge is -2.58. The number of carbonyl (C=O) groups is 1. The third-order valence-corrected chi connectivity index (χ3v) is 7.65. The monoisotopic (exact) mass is 496 g/mol. The average molecular weight is 497 g/mol. The number of hydrogen-bond donors (Lipinski definition) is 3. The summed E-state index contributed by atoms with van der Waals surface area (Å²) in [7, 11) is 0. The molecule has 4 saturated carbocycles. The van der Waals surface area contributed by atoms with Gasteiger partial charge in [0.2, 0.25) is 5.82 Å². The van der Waals surface area contributed by atoms with Gasteiger partial charge in [-0.1, -0.05) is 37.8 Å². The first-order chi connectivity index (χ1) is 16.7. The van der Waals surface area contributed by atoms with Crippen molar-refractivity contribution in [2.24, 2.45) is 17.8 Å². The molecule has 6 rings (SSSR count). The third kappa shape index (κ3) is 5.02. The summed E-state index contributed by atoms with van der Waals surface area (Å²) in [4.78, 5) is 29.1. The minimum atomic E-state index is -0.643. The van der Waals surface area contributed by atoms with Gasteiger partial charge < -0.3 is 20.5 Å². The summed E-state index contributed by atoms with van der Waals surface area (Å²) in [6, 6.07) is 9.49. The summed E-state index contributed by atoms with van der Waals surface area (Å²) in [6.07, 6.45) is 5.17. The summed E-state index contributed by atoms with van der Waals surface area (Å²) in [5.74, 6) is 0.360. The largest absolute Gasteiger partial charge is 0.459 e. The topological polar surface area (TPSA) is 127 Å². The molecule has 194 valence electrons. The van der Waals surface area contributed by atoms with Crippen molar-refractivity contribution < 1.29 is 19.6 Å². The van der Waals surface area contributed by atoms with E-state index in [4.69, 9.17) is 4.74 Å². The highest BCUT2D eigenvalue weighted by atomic mass is 16.6. The van der Waals surface area contributed by atoms with Crippen molar-refractivity contribution in [3.63, 3.8) is 0 Å². The van der Waals surface area contributed by atoms with Gasteiger partial charge in [-0.3, -0.25) is 10.1 Å². The number of pyridine rings is 1. The van der Waals surface area contributed by atoms with Crippen molar-refractivity contribution in [1.29, 1.82) is 0 Å². The van der Waals surface area contributed by atoms with Crippen molar-refractivity contribution in [3.05, 3.63) is 57.8 Å². The molecule has 0 spiro atoms. The minimum Gasteiger partial charge on any atom is -0.459 e. The van der Waals surface area contributed by atoms with Gasteiger partial charge in [-0.2, -0.15) is 0 Å². The van der Waals surface area contributed by atoms with Gasteiger partial charge in [0.15, 0.2) is 0 Å². The van der Waals surface area contributed by atoms with E-state index in [1.54, 1.807) is 13.8 Å². The van der Waals surface area contributed by atoms with E-state index >= 15 is 0 Å². The standard InChI is InChI=1S/C26H32N4O5.CH4/c1-15(2)35-25(31)20-14-28-24(27-13-16-6-4-3-5-7-16)23(30(33)34)22(20)29-21-18-8-17-9-19(21)12-26(32,10-17)11-18;/h3-7,14-15,17-19,21,32H,8-13H2,1-2H3,(H2,27,28,29);1H4/t17?,18-,19+,21?,26?;. The smallest absolute Gasteiger partial charge is 0.342 e. The number of nitrogens with zero attached hydrogens (tertiary/aromatic N) is 2. The normalized spacial score (nSPS) is 27.9. The van der Waals surface area contributed by atoms with Crippen molar-refractivity contribution >= 4 is 23.2 Å². The molecule has 0 radical (unpaired) electrons. The highest BCUT2D eigenvalue weighted by molar-refractivity contribution is 5.99. The molecule has 4 aliphatic carbocycles. The van der Waals surface area contributed by atoms with Crippen LogP contribution in [0.5, 0.6) is 0 Å². The van der Waals surface area contributed by atoms with E-state index in [0.717, 1.165) is 24.8 Å². The molecule has 4 fully saturated rings. The molecule has 36 heavy (non-hydrogen) atoms. The second kappa shape index (κ2) is 10.0. The number of nitrogens with one attached hydrogen (secondary N) is 2. The van der Waals surface area contributed by atoms with E-state index in [1.165, 1.54) is 6.20 Å². The highest BCUT2D eigenvalue weighted by Crippen LogP contribution is 2.56. The number of aliphatic hydroxyl groups is 1. The van der Waals surface area contributed by atoms with Gasteiger partial charge in [0.1, 0.15) is 11.3 Å². The first-order valence-corrected chi connectivity index (χ1v) is 12.4. The zero-order chi connectivity index (χ0) is 24.7. The zero-order valence-electron chi connectivity index (χ0n) is 20.1. The number of rotatable bonds is 8. The number of esters is 1. The van der Waals surface area contributed by atoms with Crippen molar-refractivity contribution in [2.75, 3.05) is 10.6 Å². The third-order valence-electron chi connectivity index (χ3n) is 7.65. The van der Waals surface area contributed by atoms with Gasteiger partial charge in [-0.25, -0.2) is 9.78 Å². The van der Waals surface area contributed by atoms with Crippen molar-refractivity contribution in [2.45, 2.75) is 77.7 Å². The molecule has 9 nitrogen and oxygen atoms in total. The molecular weight excluding hydrogens is 460 g/mol. The number of anilines is 2. The lowest BCUT2D eigenvalue weighted by atomic mass is 9.52. The van der Waals surface area contributed by atoms with E-state index in [1.807, 2.05) is 30.3 Å². The number of carbonyl (C=O) groups excluding carboxylic acids is 1. The molecule has 2 aromatic rings. The molecular formula is C27H36N4O5. The first-order valence-electron chi connectivity index (χ1n) is 12.4. The van der Waals surface area contributed by atoms with E-state index in [9.17, 15) is 20.0 Å². The molecule has 4 bridgehead atoms. The summed E-state index contributed by atoms with van der Waals surface area (Å²) in [6.45, 7) is 3.83. The second-order valence-electron chi connectivity index (χ2n) is 10.7. The lowest BCUT2D eigenvalue weighted by molar-refractivity contribution is -0.383. The van der Waals surface area contributed by atoms with Gasteiger partial charge in [0.25, 0.3) is 0 Å². The Morgan fingerprint density at radius 2 is 1.89 bits per heavy atom. The molecule has 0 amide bonds.